The largest absolute Gasteiger partial charge is 0.465 e. The molecule has 2 aliphatic rings. The first-order chi connectivity index (χ1) is 16.7. The van der Waals surface area contributed by atoms with Crippen molar-refractivity contribution < 1.29 is 65.2 Å². The molecule has 0 aromatic heterocycles. The van der Waals surface area contributed by atoms with Crippen LogP contribution in [-0.4, -0.2) is 131 Å². The monoisotopic (exact) mass is 554 g/mol. The van der Waals surface area contributed by atoms with Crippen molar-refractivity contribution in [1.29, 1.82) is 0 Å². The Hall–Kier alpha value is -3.34. The highest BCUT2D eigenvalue weighted by Crippen LogP contribution is 2.36. The molecule has 37 heavy (non-hydrogen) atoms. The second-order valence-corrected chi connectivity index (χ2v) is 8.84. The Morgan fingerprint density at radius 3 is 1.19 bits per heavy atom. The molecular weight excluding hydrogens is 526 g/mol. The normalized spacial score (nSPS) is 17.1. The lowest BCUT2D eigenvalue weighted by Gasteiger charge is -2.35. The molecule has 214 valence electrons. The number of halogens is 6. The third-order valence-electron chi connectivity index (χ3n) is 4.82. The van der Waals surface area contributed by atoms with Gasteiger partial charge in [-0.2, -0.15) is 26.3 Å². The van der Waals surface area contributed by atoms with Crippen LogP contribution in [0.5, 0.6) is 0 Å². The standard InChI is InChI=1S/C13H18F6N2O4.C6H10N2O4/c1-11(2,3)25-10(23)21-6-4-20(5-7-21)9(22)24-8(12(14,15)16)13(17,18)19;9-5(10)7-1-2-8(4-3-7)6(11)12/h8H,4-7H2,1-3H3;1-4H2,(H,9,10)(H,11,12). The van der Waals surface area contributed by atoms with Gasteiger partial charge in [0.2, 0.25) is 0 Å². The van der Waals surface area contributed by atoms with Gasteiger partial charge in [0.15, 0.2) is 0 Å². The van der Waals surface area contributed by atoms with E-state index in [1.165, 1.54) is 14.7 Å². The zero-order valence-electron chi connectivity index (χ0n) is 20.1. The van der Waals surface area contributed by atoms with Gasteiger partial charge in [0.05, 0.1) is 0 Å². The zero-order chi connectivity index (χ0) is 28.8. The molecule has 2 aliphatic heterocycles. The topological polar surface area (TPSA) is 140 Å². The quantitative estimate of drug-likeness (QED) is 0.472. The Kier molecular flexibility index (Phi) is 10.5. The number of piperazine rings is 2. The molecule has 2 fully saturated rings. The van der Waals surface area contributed by atoms with E-state index < -0.39 is 48.4 Å². The molecule has 0 aromatic carbocycles. The summed E-state index contributed by atoms with van der Waals surface area (Å²) in [5, 5.41) is 17.0. The van der Waals surface area contributed by atoms with Crippen LogP contribution in [-0.2, 0) is 9.47 Å². The van der Waals surface area contributed by atoms with E-state index in [2.05, 4.69) is 4.74 Å². The molecule has 0 saturated carbocycles. The van der Waals surface area contributed by atoms with Gasteiger partial charge < -0.3 is 39.3 Å². The minimum absolute atomic E-state index is 0.104. The van der Waals surface area contributed by atoms with Gasteiger partial charge in [-0.25, -0.2) is 19.2 Å². The van der Waals surface area contributed by atoms with Crippen LogP contribution in [0.2, 0.25) is 0 Å². The molecule has 0 radical (unpaired) electrons. The summed E-state index contributed by atoms with van der Waals surface area (Å²) in [7, 11) is 0. The van der Waals surface area contributed by atoms with E-state index in [1.54, 1.807) is 20.8 Å². The number of rotatable bonds is 1. The maximum Gasteiger partial charge on any atom is 0.434 e. The van der Waals surface area contributed by atoms with Gasteiger partial charge in [0, 0.05) is 52.4 Å². The van der Waals surface area contributed by atoms with E-state index in [4.69, 9.17) is 14.9 Å². The van der Waals surface area contributed by atoms with Gasteiger partial charge in [0.1, 0.15) is 5.60 Å². The predicted octanol–water partition coefficient (Wildman–Crippen LogP) is 3.13. The van der Waals surface area contributed by atoms with Crippen LogP contribution < -0.4 is 0 Å². The smallest absolute Gasteiger partial charge is 0.434 e. The molecule has 18 heteroatoms. The van der Waals surface area contributed by atoms with E-state index in [9.17, 15) is 45.5 Å². The minimum atomic E-state index is -5.77. The van der Waals surface area contributed by atoms with Crippen LogP contribution in [0, 0.1) is 0 Å². The molecule has 0 spiro atoms. The number of nitrogens with zero attached hydrogens (tertiary/aromatic N) is 4. The molecule has 0 aromatic rings. The van der Waals surface area contributed by atoms with Gasteiger partial charge in [-0.1, -0.05) is 0 Å². The maximum atomic E-state index is 12.4. The van der Waals surface area contributed by atoms with Crippen LogP contribution >= 0.6 is 0 Å². The Morgan fingerprint density at radius 2 is 0.919 bits per heavy atom. The number of hydrogen-bond acceptors (Lipinski definition) is 6. The number of carbonyl (C=O) groups excluding carboxylic acids is 2. The van der Waals surface area contributed by atoms with Crippen LogP contribution in [0.25, 0.3) is 0 Å². The van der Waals surface area contributed by atoms with Gasteiger partial charge in [-0.3, -0.25) is 0 Å². The van der Waals surface area contributed by atoms with Crippen LogP contribution in [0.4, 0.5) is 45.5 Å². The van der Waals surface area contributed by atoms with Crippen LogP contribution in [0.15, 0.2) is 0 Å². The number of alkyl halides is 6. The lowest BCUT2D eigenvalue weighted by atomic mass is 10.2. The first-order valence-electron chi connectivity index (χ1n) is 10.7. The molecule has 0 bridgehead atoms. The maximum absolute atomic E-state index is 12.4. The summed E-state index contributed by atoms with van der Waals surface area (Å²) < 4.78 is 83.0. The molecular formula is C19H28F6N4O8. The highest BCUT2D eigenvalue weighted by atomic mass is 19.4. The summed E-state index contributed by atoms with van der Waals surface area (Å²) in [6.45, 7) is 5.19. The Bertz CT molecular complexity index is 781. The van der Waals surface area contributed by atoms with E-state index in [1.807, 2.05) is 0 Å². The number of ether oxygens (including phenoxy) is 2. The molecule has 0 atom stereocenters. The average Bonchev–Trinajstić information content (AvgIpc) is 2.75. The third-order valence-corrected chi connectivity index (χ3v) is 4.82. The van der Waals surface area contributed by atoms with Gasteiger partial charge >= 0.3 is 36.7 Å². The van der Waals surface area contributed by atoms with E-state index in [0.29, 0.717) is 4.90 Å². The summed E-state index contributed by atoms with van der Waals surface area (Å²) in [6, 6.07) is 0. The van der Waals surface area contributed by atoms with E-state index in [0.717, 1.165) is 0 Å². The van der Waals surface area contributed by atoms with Crippen molar-refractivity contribution in [3.63, 3.8) is 0 Å². The molecule has 12 nitrogen and oxygen atoms in total. The summed E-state index contributed by atoms with van der Waals surface area (Å²) in [5.74, 6) is 0. The molecule has 2 saturated heterocycles. The van der Waals surface area contributed by atoms with Gasteiger partial charge in [-0.05, 0) is 20.8 Å². The Morgan fingerprint density at radius 1 is 0.622 bits per heavy atom. The minimum Gasteiger partial charge on any atom is -0.465 e. The highest BCUT2D eigenvalue weighted by Gasteiger charge is 2.60. The number of carboxylic acid groups (broad SMARTS) is 2. The Balaban J connectivity index is 0.000000474. The highest BCUT2D eigenvalue weighted by molar-refractivity contribution is 5.71. The summed E-state index contributed by atoms with van der Waals surface area (Å²) >= 11 is 0. The van der Waals surface area contributed by atoms with Crippen molar-refractivity contribution in [2.45, 2.75) is 44.8 Å². The van der Waals surface area contributed by atoms with Crippen molar-refractivity contribution in [2.75, 3.05) is 52.4 Å². The molecule has 0 unspecified atom stereocenters. The second-order valence-electron chi connectivity index (χ2n) is 8.84. The summed E-state index contributed by atoms with van der Waals surface area (Å²) in [4.78, 5) is 48.4. The molecule has 2 N–H and O–H groups in total. The van der Waals surface area contributed by atoms with Crippen molar-refractivity contribution in [3.05, 3.63) is 0 Å². The van der Waals surface area contributed by atoms with Gasteiger partial charge in [0.25, 0.3) is 6.10 Å². The first-order valence-corrected chi connectivity index (χ1v) is 10.7. The predicted molar refractivity (Wildman–Crippen MR) is 111 cm³/mol. The average molecular weight is 554 g/mol. The molecule has 2 rings (SSSR count). The summed E-state index contributed by atoms with van der Waals surface area (Å²) in [5.41, 5.74) is -0.764. The first kappa shape index (κ1) is 31.7. The van der Waals surface area contributed by atoms with Crippen molar-refractivity contribution >= 4 is 24.4 Å². The molecule has 4 amide bonds. The fourth-order valence-corrected chi connectivity index (χ4v) is 2.98. The fraction of sp³-hybridized carbons (Fsp3) is 0.789. The van der Waals surface area contributed by atoms with Crippen molar-refractivity contribution in [2.24, 2.45) is 0 Å². The lowest BCUT2D eigenvalue weighted by molar-refractivity contribution is -0.308. The second kappa shape index (κ2) is 12.3. The summed E-state index contributed by atoms with van der Waals surface area (Å²) in [6.07, 6.45) is -20.2. The van der Waals surface area contributed by atoms with Crippen molar-refractivity contribution in [1.82, 2.24) is 19.6 Å². The molecule has 2 heterocycles. The Labute approximate surface area is 207 Å². The van der Waals surface area contributed by atoms with Crippen LogP contribution in [0.3, 0.4) is 0 Å². The zero-order valence-corrected chi connectivity index (χ0v) is 20.1. The number of carbonyl (C=O) groups is 4. The number of amides is 4. The number of hydrogen-bond donors (Lipinski definition) is 2. The molecule has 0 aliphatic carbocycles. The van der Waals surface area contributed by atoms with Gasteiger partial charge in [-0.15, -0.1) is 0 Å². The van der Waals surface area contributed by atoms with E-state index >= 15 is 0 Å². The lowest BCUT2D eigenvalue weighted by Crippen LogP contribution is -2.54. The third kappa shape index (κ3) is 10.7. The van der Waals surface area contributed by atoms with E-state index in [-0.39, 0.29) is 52.4 Å². The van der Waals surface area contributed by atoms with Crippen molar-refractivity contribution in [3.8, 4) is 0 Å². The SMILES string of the molecule is CC(C)(C)OC(=O)N1CCN(C(=O)OC(C(F)(F)F)C(F)(F)F)CC1.O=C(O)N1CCN(C(=O)O)CC1. The van der Waals surface area contributed by atoms with Crippen LogP contribution in [0.1, 0.15) is 20.8 Å². The fourth-order valence-electron chi connectivity index (χ4n) is 2.98.